The standard InChI is InChI=1S/C16H15BrN6O3S/c1-27(25,26)22-13-6-11(17)5-12(7-13)21-16(24)10-8-20-23(9-10)15-14(18)3-2-4-19-15/h2-9,22H,18H2,1H3,(H,21,24). The highest BCUT2D eigenvalue weighted by Gasteiger charge is 2.13. The first-order valence-corrected chi connectivity index (χ1v) is 10.2. The van der Waals surface area contributed by atoms with Gasteiger partial charge in [0, 0.05) is 22.6 Å². The van der Waals surface area contributed by atoms with Crippen LogP contribution in [0.1, 0.15) is 10.4 Å². The SMILES string of the molecule is CS(=O)(=O)Nc1cc(Br)cc(NC(=O)c2cnn(-c3ncccc3N)c2)c1. The Labute approximate surface area is 163 Å². The van der Waals surface area contributed by atoms with Crippen LogP contribution in [0.25, 0.3) is 5.82 Å². The highest BCUT2D eigenvalue weighted by atomic mass is 79.9. The first kappa shape index (κ1) is 18.9. The molecule has 9 nitrogen and oxygen atoms in total. The highest BCUT2D eigenvalue weighted by Crippen LogP contribution is 2.24. The number of nitrogen functional groups attached to an aromatic ring is 1. The number of carbonyl (C=O) groups is 1. The zero-order valence-electron chi connectivity index (χ0n) is 14.0. The molecule has 140 valence electrons. The summed E-state index contributed by atoms with van der Waals surface area (Å²) in [7, 11) is -3.44. The summed E-state index contributed by atoms with van der Waals surface area (Å²) >= 11 is 3.28. The number of sulfonamides is 1. The molecule has 0 saturated heterocycles. The number of nitrogens with one attached hydrogen (secondary N) is 2. The van der Waals surface area contributed by atoms with E-state index in [4.69, 9.17) is 5.73 Å². The number of benzene rings is 1. The summed E-state index contributed by atoms with van der Waals surface area (Å²) < 4.78 is 27.1. The van der Waals surface area contributed by atoms with Crippen LogP contribution >= 0.6 is 15.9 Å². The van der Waals surface area contributed by atoms with Crippen molar-refractivity contribution >= 4 is 48.9 Å². The molecule has 27 heavy (non-hydrogen) atoms. The third kappa shape index (κ3) is 4.83. The Kier molecular flexibility index (Phi) is 5.15. The fourth-order valence-electron chi connectivity index (χ4n) is 2.29. The summed E-state index contributed by atoms with van der Waals surface area (Å²) in [6, 6.07) is 8.11. The smallest absolute Gasteiger partial charge is 0.258 e. The number of pyridine rings is 1. The number of amides is 1. The van der Waals surface area contributed by atoms with Gasteiger partial charge in [-0.05, 0) is 30.3 Å². The van der Waals surface area contributed by atoms with Crippen molar-refractivity contribution in [3.63, 3.8) is 0 Å². The van der Waals surface area contributed by atoms with Crippen LogP contribution < -0.4 is 15.8 Å². The zero-order valence-corrected chi connectivity index (χ0v) is 16.5. The summed E-state index contributed by atoms with van der Waals surface area (Å²) in [6.07, 6.45) is 5.51. The van der Waals surface area contributed by atoms with Crippen molar-refractivity contribution in [2.75, 3.05) is 22.0 Å². The van der Waals surface area contributed by atoms with E-state index < -0.39 is 15.9 Å². The van der Waals surface area contributed by atoms with Crippen LogP contribution in [0.15, 0.2) is 53.4 Å². The molecular formula is C16H15BrN6O3S. The number of rotatable bonds is 5. The summed E-state index contributed by atoms with van der Waals surface area (Å²) in [5.41, 5.74) is 7.30. The van der Waals surface area contributed by atoms with Gasteiger partial charge in [-0.25, -0.2) is 18.1 Å². The van der Waals surface area contributed by atoms with Gasteiger partial charge in [0.05, 0.1) is 29.4 Å². The Balaban J connectivity index is 1.81. The van der Waals surface area contributed by atoms with Gasteiger partial charge in [-0.2, -0.15) is 5.10 Å². The molecule has 0 bridgehead atoms. The molecule has 11 heteroatoms. The van der Waals surface area contributed by atoms with Crippen LogP contribution in [0.3, 0.4) is 0 Å². The molecule has 0 fully saturated rings. The van der Waals surface area contributed by atoms with E-state index >= 15 is 0 Å². The molecule has 1 aromatic carbocycles. The van der Waals surface area contributed by atoms with E-state index in [9.17, 15) is 13.2 Å². The molecule has 0 atom stereocenters. The van der Waals surface area contributed by atoms with Crippen molar-refractivity contribution in [1.82, 2.24) is 14.8 Å². The maximum atomic E-state index is 12.5. The molecular weight excluding hydrogens is 436 g/mol. The van der Waals surface area contributed by atoms with E-state index in [2.05, 4.69) is 36.1 Å². The monoisotopic (exact) mass is 450 g/mol. The Bertz CT molecular complexity index is 1110. The van der Waals surface area contributed by atoms with Gasteiger partial charge in [0.25, 0.3) is 5.91 Å². The quantitative estimate of drug-likeness (QED) is 0.545. The Morgan fingerprint density at radius 1 is 1.26 bits per heavy atom. The topological polar surface area (TPSA) is 132 Å². The van der Waals surface area contributed by atoms with Crippen molar-refractivity contribution in [1.29, 1.82) is 0 Å². The van der Waals surface area contributed by atoms with Crippen LogP contribution in [0.5, 0.6) is 0 Å². The molecule has 3 aromatic rings. The molecule has 0 unspecified atom stereocenters. The predicted molar refractivity (Wildman–Crippen MR) is 106 cm³/mol. The number of hydrogen-bond donors (Lipinski definition) is 3. The number of nitrogens with zero attached hydrogens (tertiary/aromatic N) is 3. The van der Waals surface area contributed by atoms with Crippen LogP contribution in [0, 0.1) is 0 Å². The number of nitrogens with two attached hydrogens (primary N) is 1. The predicted octanol–water partition coefficient (Wildman–Crippen LogP) is 2.24. The van der Waals surface area contributed by atoms with Crippen molar-refractivity contribution in [2.24, 2.45) is 0 Å². The average molecular weight is 451 g/mol. The second-order valence-electron chi connectivity index (χ2n) is 5.65. The van der Waals surface area contributed by atoms with E-state index in [1.807, 2.05) is 0 Å². The lowest BCUT2D eigenvalue weighted by molar-refractivity contribution is 0.102. The van der Waals surface area contributed by atoms with Crippen LogP contribution in [0.2, 0.25) is 0 Å². The lowest BCUT2D eigenvalue weighted by atomic mass is 10.2. The molecule has 3 rings (SSSR count). The number of halogens is 1. The molecule has 1 amide bonds. The van der Waals surface area contributed by atoms with Crippen molar-refractivity contribution in [2.45, 2.75) is 0 Å². The Morgan fingerprint density at radius 3 is 2.70 bits per heavy atom. The maximum Gasteiger partial charge on any atom is 0.258 e. The molecule has 0 radical (unpaired) electrons. The number of aromatic nitrogens is 3. The zero-order chi connectivity index (χ0) is 19.6. The van der Waals surface area contributed by atoms with E-state index in [1.54, 1.807) is 30.5 Å². The van der Waals surface area contributed by atoms with Gasteiger partial charge in [-0.3, -0.25) is 9.52 Å². The van der Waals surface area contributed by atoms with E-state index in [1.165, 1.54) is 23.1 Å². The van der Waals surface area contributed by atoms with E-state index in [0.29, 0.717) is 27.4 Å². The first-order chi connectivity index (χ1) is 12.7. The molecule has 2 aromatic heterocycles. The summed E-state index contributed by atoms with van der Waals surface area (Å²) in [6.45, 7) is 0. The fraction of sp³-hybridized carbons (Fsp3) is 0.0625. The summed E-state index contributed by atoms with van der Waals surface area (Å²) in [5, 5.41) is 6.80. The summed E-state index contributed by atoms with van der Waals surface area (Å²) in [5.74, 6) is -0.00203. The van der Waals surface area contributed by atoms with Gasteiger partial charge in [0.2, 0.25) is 10.0 Å². The minimum Gasteiger partial charge on any atom is -0.396 e. The minimum atomic E-state index is -3.44. The van der Waals surface area contributed by atoms with Crippen LogP contribution in [-0.2, 0) is 10.0 Å². The maximum absolute atomic E-state index is 12.5. The van der Waals surface area contributed by atoms with Crippen molar-refractivity contribution < 1.29 is 13.2 Å². The molecule has 0 aliphatic carbocycles. The van der Waals surface area contributed by atoms with E-state index in [-0.39, 0.29) is 5.56 Å². The minimum absolute atomic E-state index is 0.289. The van der Waals surface area contributed by atoms with Gasteiger partial charge >= 0.3 is 0 Å². The lowest BCUT2D eigenvalue weighted by Gasteiger charge is -2.09. The van der Waals surface area contributed by atoms with Crippen molar-refractivity contribution in [3.05, 3.63) is 59.0 Å². The Morgan fingerprint density at radius 2 is 2.00 bits per heavy atom. The van der Waals surface area contributed by atoms with Gasteiger partial charge in [0.1, 0.15) is 0 Å². The lowest BCUT2D eigenvalue weighted by Crippen LogP contribution is -2.13. The van der Waals surface area contributed by atoms with Gasteiger partial charge < -0.3 is 11.1 Å². The van der Waals surface area contributed by atoms with E-state index in [0.717, 1.165) is 6.26 Å². The van der Waals surface area contributed by atoms with Gasteiger partial charge in [-0.15, -0.1) is 0 Å². The molecule has 0 aliphatic rings. The largest absolute Gasteiger partial charge is 0.396 e. The number of carbonyl (C=O) groups excluding carboxylic acids is 1. The van der Waals surface area contributed by atoms with Gasteiger partial charge in [-0.1, -0.05) is 15.9 Å². The normalized spacial score (nSPS) is 11.2. The molecule has 0 aliphatic heterocycles. The molecule has 0 spiro atoms. The third-order valence-electron chi connectivity index (χ3n) is 3.34. The first-order valence-electron chi connectivity index (χ1n) is 7.56. The molecule has 4 N–H and O–H groups in total. The molecule has 0 saturated carbocycles. The number of anilines is 3. The summed E-state index contributed by atoms with van der Waals surface area (Å²) in [4.78, 5) is 16.6. The Hall–Kier alpha value is -2.92. The van der Waals surface area contributed by atoms with Crippen LogP contribution in [-0.4, -0.2) is 35.3 Å². The average Bonchev–Trinajstić information content (AvgIpc) is 3.03. The highest BCUT2D eigenvalue weighted by molar-refractivity contribution is 9.10. The fourth-order valence-corrected chi connectivity index (χ4v) is 3.33. The molecule has 2 heterocycles. The van der Waals surface area contributed by atoms with Crippen LogP contribution in [0.4, 0.5) is 17.1 Å². The number of hydrogen-bond acceptors (Lipinski definition) is 6. The second kappa shape index (κ2) is 7.37. The third-order valence-corrected chi connectivity index (χ3v) is 4.40. The van der Waals surface area contributed by atoms with Crippen molar-refractivity contribution in [3.8, 4) is 5.82 Å². The van der Waals surface area contributed by atoms with Gasteiger partial charge in [0.15, 0.2) is 5.82 Å². The second-order valence-corrected chi connectivity index (χ2v) is 8.31.